The lowest BCUT2D eigenvalue weighted by Crippen LogP contribution is -1.98. The summed E-state index contributed by atoms with van der Waals surface area (Å²) in [5.41, 5.74) is -0.0863. The zero-order valence-electron chi connectivity index (χ0n) is 8.49. The van der Waals surface area contributed by atoms with Crippen molar-refractivity contribution in [3.8, 4) is 0 Å². The first-order valence-electron chi connectivity index (χ1n) is 4.63. The van der Waals surface area contributed by atoms with Crippen LogP contribution in [0.2, 0.25) is 0 Å². The van der Waals surface area contributed by atoms with Crippen LogP contribution in [0.25, 0.3) is 0 Å². The Morgan fingerprint density at radius 1 is 1.00 bits per heavy atom. The van der Waals surface area contributed by atoms with Crippen LogP contribution in [0.5, 0.6) is 0 Å². The van der Waals surface area contributed by atoms with Crippen LogP contribution in [0.15, 0.2) is 26.5 Å². The van der Waals surface area contributed by atoms with Crippen molar-refractivity contribution in [2.75, 3.05) is 0 Å². The molecular formula is C11H4Br2ClF3S. The largest absolute Gasteiger partial charge is 0.207 e. The van der Waals surface area contributed by atoms with Gasteiger partial charge in [0.25, 0.3) is 0 Å². The molecule has 0 spiro atoms. The van der Waals surface area contributed by atoms with Gasteiger partial charge in [-0.3, -0.25) is 0 Å². The number of thiophene rings is 1. The van der Waals surface area contributed by atoms with Crippen LogP contribution in [0, 0.1) is 17.5 Å². The van der Waals surface area contributed by atoms with Crippen molar-refractivity contribution in [1.82, 2.24) is 0 Å². The van der Waals surface area contributed by atoms with Crippen LogP contribution >= 0.6 is 54.8 Å². The van der Waals surface area contributed by atoms with Crippen molar-refractivity contribution in [1.29, 1.82) is 0 Å². The van der Waals surface area contributed by atoms with E-state index in [4.69, 9.17) is 11.6 Å². The Balaban J connectivity index is 2.45. The van der Waals surface area contributed by atoms with Crippen molar-refractivity contribution >= 4 is 54.8 Å². The van der Waals surface area contributed by atoms with Crippen molar-refractivity contribution in [3.05, 3.63) is 54.4 Å². The molecule has 1 aromatic heterocycles. The summed E-state index contributed by atoms with van der Waals surface area (Å²) in [6, 6.07) is 2.98. The molecule has 7 heteroatoms. The molecule has 0 amide bonds. The molecule has 1 atom stereocenters. The number of alkyl halides is 1. The molecule has 0 aliphatic carbocycles. The van der Waals surface area contributed by atoms with E-state index < -0.39 is 22.8 Å². The Bertz CT molecular complexity index is 581. The average Bonchev–Trinajstić information content (AvgIpc) is 2.63. The molecule has 1 unspecified atom stereocenters. The van der Waals surface area contributed by atoms with Gasteiger partial charge in [0.1, 0.15) is 5.82 Å². The number of rotatable bonds is 2. The minimum absolute atomic E-state index is 0.0863. The van der Waals surface area contributed by atoms with Gasteiger partial charge in [0.05, 0.1) is 9.16 Å². The molecular weight excluding hydrogens is 416 g/mol. The number of hydrogen-bond acceptors (Lipinski definition) is 1. The average molecular weight is 420 g/mol. The van der Waals surface area contributed by atoms with Gasteiger partial charge in [-0.2, -0.15) is 0 Å². The van der Waals surface area contributed by atoms with E-state index in [1.54, 1.807) is 6.07 Å². The van der Waals surface area contributed by atoms with Gasteiger partial charge in [-0.05, 0) is 44.0 Å². The van der Waals surface area contributed by atoms with Crippen molar-refractivity contribution in [2.24, 2.45) is 0 Å². The Morgan fingerprint density at radius 3 is 2.17 bits per heavy atom. The van der Waals surface area contributed by atoms with Crippen LogP contribution in [0.1, 0.15) is 15.8 Å². The molecule has 0 bridgehead atoms. The standard InChI is InChI=1S/C11H4Br2ClF3S/c12-5-2-9(18-11(5)13)10(14)4-1-7(16)8(17)3-6(4)15/h1-3,10H. The van der Waals surface area contributed by atoms with Crippen molar-refractivity contribution in [3.63, 3.8) is 0 Å². The lowest BCUT2D eigenvalue weighted by molar-refractivity contribution is 0.490. The first-order chi connectivity index (χ1) is 8.40. The minimum atomic E-state index is -1.23. The maximum atomic E-state index is 13.6. The lowest BCUT2D eigenvalue weighted by Gasteiger charge is -2.09. The first kappa shape index (κ1) is 14.4. The van der Waals surface area contributed by atoms with Gasteiger partial charge in [-0.1, -0.05) is 0 Å². The first-order valence-corrected chi connectivity index (χ1v) is 7.47. The summed E-state index contributed by atoms with van der Waals surface area (Å²) in [4.78, 5) is 0.625. The lowest BCUT2D eigenvalue weighted by atomic mass is 10.1. The van der Waals surface area contributed by atoms with Crippen molar-refractivity contribution in [2.45, 2.75) is 5.38 Å². The quantitative estimate of drug-likeness (QED) is 0.412. The smallest absolute Gasteiger partial charge is 0.161 e. The summed E-state index contributed by atoms with van der Waals surface area (Å²) in [6.07, 6.45) is 0. The summed E-state index contributed by atoms with van der Waals surface area (Å²) in [6.45, 7) is 0. The zero-order chi connectivity index (χ0) is 13.4. The van der Waals surface area contributed by atoms with E-state index in [9.17, 15) is 13.2 Å². The number of hydrogen-bond donors (Lipinski definition) is 0. The van der Waals surface area contributed by atoms with Crippen LogP contribution < -0.4 is 0 Å². The molecule has 0 fully saturated rings. The Kier molecular flexibility index (Phi) is 4.41. The van der Waals surface area contributed by atoms with Crippen molar-refractivity contribution < 1.29 is 13.2 Å². The second-order valence-corrected chi connectivity index (χ2v) is 7.11. The van der Waals surface area contributed by atoms with Gasteiger partial charge in [0.2, 0.25) is 0 Å². The Hall–Kier alpha value is -0.0400. The highest BCUT2D eigenvalue weighted by atomic mass is 79.9. The highest BCUT2D eigenvalue weighted by molar-refractivity contribution is 9.13. The fraction of sp³-hybridized carbons (Fsp3) is 0.0909. The van der Waals surface area contributed by atoms with Gasteiger partial charge >= 0.3 is 0 Å². The van der Waals surface area contributed by atoms with Gasteiger partial charge in [0, 0.05) is 21.0 Å². The van der Waals surface area contributed by atoms with Crippen LogP contribution in [0.3, 0.4) is 0 Å². The summed E-state index contributed by atoms with van der Waals surface area (Å²) < 4.78 is 41.1. The van der Waals surface area contributed by atoms with E-state index in [0.717, 1.165) is 14.3 Å². The molecule has 0 N–H and O–H groups in total. The molecule has 96 valence electrons. The molecule has 0 nitrogen and oxygen atoms in total. The summed E-state index contributed by atoms with van der Waals surface area (Å²) in [5.74, 6) is -3.21. The molecule has 0 saturated carbocycles. The van der Waals surface area contributed by atoms with E-state index in [2.05, 4.69) is 31.9 Å². The SMILES string of the molecule is Fc1cc(F)c(C(Cl)c2cc(Br)c(Br)s2)cc1F. The topological polar surface area (TPSA) is 0 Å². The minimum Gasteiger partial charge on any atom is -0.207 e. The number of benzene rings is 1. The highest BCUT2D eigenvalue weighted by Crippen LogP contribution is 2.41. The molecule has 0 aliphatic rings. The van der Waals surface area contributed by atoms with Gasteiger partial charge < -0.3 is 0 Å². The van der Waals surface area contributed by atoms with E-state index in [1.807, 2.05) is 0 Å². The summed E-state index contributed by atoms with van der Waals surface area (Å²) >= 11 is 13.9. The Labute approximate surface area is 127 Å². The van der Waals surface area contributed by atoms with E-state index in [-0.39, 0.29) is 5.56 Å². The molecule has 2 rings (SSSR count). The molecule has 0 saturated heterocycles. The van der Waals surface area contributed by atoms with E-state index >= 15 is 0 Å². The summed E-state index contributed by atoms with van der Waals surface area (Å²) in [5, 5.41) is -0.868. The number of halogens is 6. The zero-order valence-corrected chi connectivity index (χ0v) is 13.2. The van der Waals surface area contributed by atoms with Gasteiger partial charge in [-0.15, -0.1) is 22.9 Å². The third kappa shape index (κ3) is 2.76. The van der Waals surface area contributed by atoms with Crippen LogP contribution in [-0.4, -0.2) is 0 Å². The normalized spacial score (nSPS) is 12.8. The fourth-order valence-corrected chi connectivity index (χ4v) is 3.82. The molecule has 0 aliphatic heterocycles. The third-order valence-electron chi connectivity index (χ3n) is 2.23. The third-order valence-corrected chi connectivity index (χ3v) is 6.15. The van der Waals surface area contributed by atoms with E-state index in [1.165, 1.54) is 11.3 Å². The summed E-state index contributed by atoms with van der Waals surface area (Å²) in [7, 11) is 0. The maximum Gasteiger partial charge on any atom is 0.161 e. The molecule has 0 radical (unpaired) electrons. The fourth-order valence-electron chi connectivity index (χ4n) is 1.37. The van der Waals surface area contributed by atoms with Crippen LogP contribution in [-0.2, 0) is 0 Å². The van der Waals surface area contributed by atoms with Gasteiger partial charge in [-0.25, -0.2) is 13.2 Å². The second-order valence-electron chi connectivity index (χ2n) is 3.42. The molecule has 1 heterocycles. The molecule has 1 aromatic carbocycles. The van der Waals surface area contributed by atoms with Gasteiger partial charge in [0.15, 0.2) is 11.6 Å². The predicted molar refractivity (Wildman–Crippen MR) is 73.7 cm³/mol. The Morgan fingerprint density at radius 2 is 1.61 bits per heavy atom. The maximum absolute atomic E-state index is 13.6. The predicted octanol–water partition coefficient (Wildman–Crippen LogP) is 6.02. The second kappa shape index (κ2) is 5.53. The highest BCUT2D eigenvalue weighted by Gasteiger charge is 2.21. The van der Waals surface area contributed by atoms with Crippen LogP contribution in [0.4, 0.5) is 13.2 Å². The monoisotopic (exact) mass is 418 g/mol. The molecule has 18 heavy (non-hydrogen) atoms. The van der Waals surface area contributed by atoms with E-state index in [0.29, 0.717) is 10.9 Å². The molecule has 2 aromatic rings.